The average Bonchev–Trinajstić information content (AvgIpc) is 1.53. The molecule has 1 saturated heterocycles. The second kappa shape index (κ2) is 34.9. The number of carbonyl (C=O) groups is 9. The molecule has 0 radical (unpaired) electrons. The number of phenolic OH excluding ortho intramolecular Hbond substituents is 1. The Morgan fingerprint density at radius 2 is 1.33 bits per heavy atom. The van der Waals surface area contributed by atoms with Crippen LogP contribution in [0.3, 0.4) is 0 Å². The van der Waals surface area contributed by atoms with Gasteiger partial charge in [-0.3, -0.25) is 38.4 Å². The summed E-state index contributed by atoms with van der Waals surface area (Å²) in [6.07, 6.45) is -0.280. The average molecular weight is 1370 g/mol. The highest BCUT2D eigenvalue weighted by Crippen LogP contribution is 2.51. The lowest BCUT2D eigenvalue weighted by Gasteiger charge is -2.44. The number of aliphatic carboxylic acids is 1. The fourth-order valence-electron chi connectivity index (χ4n) is 11.1. The van der Waals surface area contributed by atoms with E-state index in [9.17, 15) is 54.0 Å². The van der Waals surface area contributed by atoms with Gasteiger partial charge in [-0.1, -0.05) is 153 Å². The van der Waals surface area contributed by atoms with Crippen LogP contribution < -0.4 is 53.5 Å². The molecule has 1 fully saturated rings. The van der Waals surface area contributed by atoms with Crippen molar-refractivity contribution in [1.82, 2.24) is 47.5 Å². The number of aliphatic hydroxyl groups is 2. The van der Waals surface area contributed by atoms with Gasteiger partial charge in [-0.25, -0.2) is 4.79 Å². The summed E-state index contributed by atoms with van der Waals surface area (Å²) in [6, 6.07) is 15.5. The number of aliphatic hydroxyl groups excluding tert-OH is 2. The highest BCUT2D eigenvalue weighted by Gasteiger charge is 2.56. The molecule has 29 heteroatoms. The van der Waals surface area contributed by atoms with Gasteiger partial charge >= 0.3 is 5.97 Å². The zero-order valence-electron chi connectivity index (χ0n) is 54.4. The molecular weight excluding hydrogens is 1280 g/mol. The number of carboxylic acid groups (broad SMARTS) is 1. The lowest BCUT2D eigenvalue weighted by molar-refractivity contribution is -0.145. The molecule has 15 N–H and O–H groups in total. The van der Waals surface area contributed by atoms with Crippen molar-refractivity contribution in [2.24, 2.45) is 10.9 Å². The summed E-state index contributed by atoms with van der Waals surface area (Å²) >= 11 is 0. The molecule has 2 heterocycles. The summed E-state index contributed by atoms with van der Waals surface area (Å²) in [6.45, 7) is 13.2. The van der Waals surface area contributed by atoms with Crippen molar-refractivity contribution in [2.75, 3.05) is 24.7 Å². The molecule has 10 atom stereocenters. The first kappa shape index (κ1) is 75.7. The fraction of sp³-hybridized carbons (Fsp3) is 0.455. The number of hydrogen-bond donors (Lipinski definition) is 14. The molecule has 0 saturated carbocycles. The van der Waals surface area contributed by atoms with Crippen molar-refractivity contribution in [3.63, 3.8) is 0 Å². The number of aromatic amines is 1. The topological polar surface area (TPSA) is 394 Å². The van der Waals surface area contributed by atoms with E-state index >= 15 is 13.7 Å². The summed E-state index contributed by atoms with van der Waals surface area (Å²) in [4.78, 5) is 137. The minimum Gasteiger partial charge on any atom is -0.508 e. The molecular formula is C66H88FN11O14S2Si. The Morgan fingerprint density at radius 1 is 0.726 bits per heavy atom. The summed E-state index contributed by atoms with van der Waals surface area (Å²) in [7, 11) is -1.83. The molecule has 1 aliphatic rings. The van der Waals surface area contributed by atoms with Crippen LogP contribution in [0.15, 0.2) is 114 Å². The number of fused-ring (bicyclic) bond motifs is 1. The first-order chi connectivity index (χ1) is 44.9. The first-order valence-electron chi connectivity index (χ1n) is 31.2. The van der Waals surface area contributed by atoms with Gasteiger partial charge in [0.25, 0.3) is 14.3 Å². The second-order valence-electron chi connectivity index (χ2n) is 25.5. The van der Waals surface area contributed by atoms with E-state index in [-0.39, 0.29) is 50.2 Å². The number of para-hydroxylation sites is 1. The number of hydrogen-bond acceptors (Lipinski definition) is 17. The Labute approximate surface area is 560 Å². The predicted octanol–water partition coefficient (Wildman–Crippen LogP) is 2.92. The van der Waals surface area contributed by atoms with Crippen LogP contribution >= 0.6 is 21.6 Å². The van der Waals surface area contributed by atoms with Gasteiger partial charge in [-0.15, -0.1) is 0 Å². The normalized spacial score (nSPS) is 20.5. The first-order valence-corrected chi connectivity index (χ1v) is 35.5. The van der Waals surface area contributed by atoms with Crippen LogP contribution in [0, 0.1) is 0 Å². The molecule has 4 aromatic carbocycles. The van der Waals surface area contributed by atoms with Crippen LogP contribution in [-0.2, 0) is 67.3 Å². The minimum atomic E-state index is -3.56. The standard InChI is InChI=1S/C66H88FN11O14S2Si/c1-38(79)55-63(89)76-53(62(88)78-56(39(2)80)64(90)91)37-94-93-36-52(75-58(84)49(30-40-16-10-9-11-17-40)71-54(82)35-92-70-33-42-23-27-45(28-24-42)95(67,65(3,4)5)66(6,7)8)61(87)73-50(31-41-21-25-44(81)26-22-41)59(85)74-51(32-43-34-69-47-19-13-12-18-46(43)47)60(86)72-48(57(83)77-55)20-14-15-29-68/h9-13,16-19,21-28,33-34,38-39,48-53,55-56,69,79-81H,14-15,20,29-32,35-37,68H2,1-8H3,(H,71,82)(H,72,86)(H,73,87)(H,74,85)(H,75,84)(H,76,89)(H,77,83)(H,78,88)(H,90,91)/b70-33+/t38-,39+,48+,49-,50+,51-,52+,53+,55+,56+/m1/s1/i67+0. The van der Waals surface area contributed by atoms with Crippen LogP contribution in [0.2, 0.25) is 10.1 Å². The van der Waals surface area contributed by atoms with Crippen LogP contribution in [0.4, 0.5) is 4.11 Å². The SMILES string of the molecule is C[C@H](O)[C@H](NC(=O)[C@@H]1CSSC[C@H](NC(=O)[C@@H](Cc2ccccc2)NC(=O)CO/N=C/c2ccc([Si]([19F])(C(C)(C)C)C(C)(C)C)cc2)C(=O)N[C@@H](Cc2ccc(O)cc2)C(=O)N[C@H](Cc2c[nH]c3ccccc23)C(=O)N[C@@H](CCCCN)C(=O)N[C@@H]([C@@H](C)O)C(=O)N1)C(=O)O. The van der Waals surface area contributed by atoms with Gasteiger partial charge in [-0.05, 0) is 95.4 Å². The number of rotatable bonds is 23. The Balaban J connectivity index is 1.37. The predicted molar refractivity (Wildman–Crippen MR) is 364 cm³/mol. The number of nitrogens with one attached hydrogen (secondary N) is 9. The highest BCUT2D eigenvalue weighted by molar-refractivity contribution is 8.76. The highest BCUT2D eigenvalue weighted by atomic mass is 33.1. The quantitative estimate of drug-likeness (QED) is 0.0112. The summed E-state index contributed by atoms with van der Waals surface area (Å²) < 4.78 is 17.0. The van der Waals surface area contributed by atoms with E-state index in [1.165, 1.54) is 37.4 Å². The van der Waals surface area contributed by atoms with Crippen molar-refractivity contribution in [3.8, 4) is 5.75 Å². The number of carbonyl (C=O) groups excluding carboxylic acids is 8. The number of nitrogens with zero attached hydrogens (tertiary/aromatic N) is 1. The molecule has 8 amide bonds. The zero-order valence-corrected chi connectivity index (χ0v) is 57.0. The van der Waals surface area contributed by atoms with E-state index in [2.05, 4.69) is 52.7 Å². The van der Waals surface area contributed by atoms with Crippen molar-refractivity contribution < 1.29 is 72.5 Å². The molecule has 6 rings (SSSR count). The monoisotopic (exact) mass is 1370 g/mol. The van der Waals surface area contributed by atoms with E-state index < -0.39 is 145 Å². The van der Waals surface area contributed by atoms with Crippen LogP contribution in [0.1, 0.15) is 96.9 Å². The minimum absolute atomic E-state index is 0.0616. The number of halogens is 1. The van der Waals surface area contributed by atoms with E-state index in [1.807, 2.05) is 41.5 Å². The summed E-state index contributed by atoms with van der Waals surface area (Å²) in [5, 5.41) is 66.3. The maximum Gasteiger partial charge on any atom is 0.328 e. The van der Waals surface area contributed by atoms with E-state index in [1.54, 1.807) is 85.1 Å². The molecule has 0 bridgehead atoms. The molecule has 0 spiro atoms. The lowest BCUT2D eigenvalue weighted by Crippen LogP contribution is -2.62. The van der Waals surface area contributed by atoms with Crippen molar-refractivity contribution in [3.05, 3.63) is 132 Å². The maximum atomic E-state index is 17.0. The van der Waals surface area contributed by atoms with Gasteiger partial charge < -0.3 is 82.6 Å². The van der Waals surface area contributed by atoms with Crippen LogP contribution in [-0.4, -0.2) is 178 Å². The summed E-state index contributed by atoms with van der Waals surface area (Å²) in [5.74, 6) is -10.2. The van der Waals surface area contributed by atoms with Crippen molar-refractivity contribution in [1.29, 1.82) is 0 Å². The number of carboxylic acids is 1. The summed E-state index contributed by atoms with van der Waals surface area (Å²) in [5.41, 5.74) is 8.65. The van der Waals surface area contributed by atoms with E-state index in [0.29, 0.717) is 44.8 Å². The number of phenols is 1. The molecule has 5 aromatic rings. The Bertz CT molecular complexity index is 3470. The Hall–Kier alpha value is -8.35. The Morgan fingerprint density at radius 3 is 1.95 bits per heavy atom. The number of amides is 8. The second-order valence-corrected chi connectivity index (χ2v) is 32.9. The van der Waals surface area contributed by atoms with E-state index in [4.69, 9.17) is 10.6 Å². The van der Waals surface area contributed by atoms with Crippen molar-refractivity contribution >= 4 is 106 Å². The number of unbranched alkanes of at least 4 members (excludes halogenated alkanes) is 1. The molecule has 1 aliphatic heterocycles. The molecule has 514 valence electrons. The van der Waals surface area contributed by atoms with Gasteiger partial charge in [-0.2, -0.15) is 0 Å². The Kier molecular flexibility index (Phi) is 27.8. The molecule has 25 nitrogen and oxygen atoms in total. The number of aromatic hydroxyl groups is 1. The smallest absolute Gasteiger partial charge is 0.328 e. The third kappa shape index (κ3) is 21.6. The number of H-pyrrole nitrogens is 1. The maximum absolute atomic E-state index is 17.0. The van der Waals surface area contributed by atoms with Gasteiger partial charge in [0.05, 0.1) is 18.4 Å². The molecule has 1 aromatic heterocycles. The number of oxime groups is 1. The zero-order chi connectivity index (χ0) is 69.8. The third-order valence-electron chi connectivity index (χ3n) is 16.0. The molecule has 0 aliphatic carbocycles. The van der Waals surface area contributed by atoms with Gasteiger partial charge in [0.1, 0.15) is 48.0 Å². The lowest BCUT2D eigenvalue weighted by atomic mass is 10.0. The van der Waals surface area contributed by atoms with Crippen LogP contribution in [0.5, 0.6) is 5.75 Å². The van der Waals surface area contributed by atoms with Gasteiger partial charge in [0.15, 0.2) is 12.6 Å². The van der Waals surface area contributed by atoms with Crippen LogP contribution in [0.25, 0.3) is 10.9 Å². The van der Waals surface area contributed by atoms with Crippen molar-refractivity contribution in [2.45, 2.75) is 165 Å². The molecule has 0 unspecified atom stereocenters. The fourth-order valence-corrected chi connectivity index (χ4v) is 18.0. The van der Waals surface area contributed by atoms with E-state index in [0.717, 1.165) is 28.5 Å². The van der Waals surface area contributed by atoms with Gasteiger partial charge in [0.2, 0.25) is 41.4 Å². The largest absolute Gasteiger partial charge is 0.508 e. The number of aromatic nitrogens is 1. The third-order valence-corrected chi connectivity index (χ3v) is 23.7. The van der Waals surface area contributed by atoms with Gasteiger partial charge in [0, 0.05) is 47.9 Å². The number of nitrogens with two attached hydrogens (primary N) is 1. The molecule has 95 heavy (non-hydrogen) atoms. The number of benzene rings is 4.